The summed E-state index contributed by atoms with van der Waals surface area (Å²) in [5.74, 6) is 0.289. The molecule has 0 heterocycles. The number of aryl methyl sites for hydroxylation is 2. The van der Waals surface area contributed by atoms with Crippen molar-refractivity contribution in [3.8, 4) is 5.75 Å². The Morgan fingerprint density at radius 1 is 1.29 bits per heavy atom. The lowest BCUT2D eigenvalue weighted by Gasteiger charge is -2.05. The molecule has 0 saturated heterocycles. The van der Waals surface area contributed by atoms with Crippen LogP contribution in [-0.2, 0) is 4.79 Å². The van der Waals surface area contributed by atoms with Gasteiger partial charge >= 0.3 is 0 Å². The van der Waals surface area contributed by atoms with Crippen molar-refractivity contribution in [1.29, 1.82) is 0 Å². The molecule has 0 aliphatic heterocycles. The number of aromatic hydroxyl groups is 1. The van der Waals surface area contributed by atoms with Crippen molar-refractivity contribution in [2.75, 3.05) is 0 Å². The Morgan fingerprint density at radius 3 is 2.21 bits per heavy atom. The summed E-state index contributed by atoms with van der Waals surface area (Å²) in [6.07, 6.45) is 3.32. The van der Waals surface area contributed by atoms with Crippen molar-refractivity contribution >= 4 is 11.9 Å². The molecule has 0 amide bonds. The Kier molecular flexibility index (Phi) is 3.07. The van der Waals surface area contributed by atoms with Crippen molar-refractivity contribution in [1.82, 2.24) is 0 Å². The van der Waals surface area contributed by atoms with Gasteiger partial charge in [0.1, 0.15) is 5.75 Å². The molecule has 0 atom stereocenters. The first-order valence-electron chi connectivity index (χ1n) is 4.49. The van der Waals surface area contributed by atoms with E-state index in [4.69, 9.17) is 0 Å². The van der Waals surface area contributed by atoms with Crippen molar-refractivity contribution in [3.05, 3.63) is 34.9 Å². The summed E-state index contributed by atoms with van der Waals surface area (Å²) in [5, 5.41) is 9.30. The van der Waals surface area contributed by atoms with Gasteiger partial charge in [-0.1, -0.05) is 6.08 Å². The van der Waals surface area contributed by atoms with E-state index in [1.807, 2.05) is 13.8 Å². The normalized spacial score (nSPS) is 10.8. The summed E-state index contributed by atoms with van der Waals surface area (Å²) in [4.78, 5) is 10.8. The lowest BCUT2D eigenvalue weighted by atomic mass is 10.0. The molecule has 0 radical (unpaired) electrons. The van der Waals surface area contributed by atoms with E-state index >= 15 is 0 Å². The molecule has 2 heteroatoms. The van der Waals surface area contributed by atoms with Gasteiger partial charge in [0.15, 0.2) is 5.78 Å². The molecule has 1 aromatic carbocycles. The zero-order valence-electron chi connectivity index (χ0n) is 8.66. The van der Waals surface area contributed by atoms with Gasteiger partial charge in [-0.15, -0.1) is 0 Å². The van der Waals surface area contributed by atoms with Crippen LogP contribution in [0.3, 0.4) is 0 Å². The summed E-state index contributed by atoms with van der Waals surface area (Å²) in [6.45, 7) is 5.33. The average molecular weight is 190 g/mol. The zero-order valence-corrected chi connectivity index (χ0v) is 8.66. The second-order valence-corrected chi connectivity index (χ2v) is 3.44. The van der Waals surface area contributed by atoms with Gasteiger partial charge in [-0.2, -0.15) is 0 Å². The highest BCUT2D eigenvalue weighted by Gasteiger charge is 2.01. The highest BCUT2D eigenvalue weighted by Crippen LogP contribution is 2.21. The quantitative estimate of drug-likeness (QED) is 0.728. The molecule has 0 spiro atoms. The maximum absolute atomic E-state index is 10.8. The molecule has 0 aliphatic carbocycles. The molecule has 1 rings (SSSR count). The number of rotatable bonds is 2. The third-order valence-electron chi connectivity index (χ3n) is 2.06. The second kappa shape index (κ2) is 4.09. The lowest BCUT2D eigenvalue weighted by Crippen LogP contribution is -1.87. The van der Waals surface area contributed by atoms with Gasteiger partial charge in [0.2, 0.25) is 0 Å². The van der Waals surface area contributed by atoms with Gasteiger partial charge in [0.25, 0.3) is 0 Å². The number of phenols is 1. The van der Waals surface area contributed by atoms with E-state index in [9.17, 15) is 9.90 Å². The monoisotopic (exact) mass is 190 g/mol. The maximum atomic E-state index is 10.8. The minimum Gasteiger partial charge on any atom is -0.508 e. The highest BCUT2D eigenvalue weighted by atomic mass is 16.3. The largest absolute Gasteiger partial charge is 0.508 e. The number of ketones is 1. The van der Waals surface area contributed by atoms with Crippen LogP contribution in [0.5, 0.6) is 5.75 Å². The van der Waals surface area contributed by atoms with Crippen LogP contribution in [0.4, 0.5) is 0 Å². The first kappa shape index (κ1) is 10.5. The van der Waals surface area contributed by atoms with Crippen LogP contribution in [0.15, 0.2) is 18.2 Å². The Hall–Kier alpha value is -1.57. The SMILES string of the molecule is CC(=O)/C=C/c1c(C)cc(O)cc1C. The fourth-order valence-electron chi connectivity index (χ4n) is 1.42. The van der Waals surface area contributed by atoms with Gasteiger partial charge in [-0.3, -0.25) is 4.79 Å². The first-order chi connectivity index (χ1) is 6.50. The van der Waals surface area contributed by atoms with Gasteiger partial charge in [0, 0.05) is 0 Å². The number of carbonyl (C=O) groups is 1. The summed E-state index contributed by atoms with van der Waals surface area (Å²) in [5.41, 5.74) is 2.94. The predicted octanol–water partition coefficient (Wildman–Crippen LogP) is 2.61. The van der Waals surface area contributed by atoms with E-state index in [1.54, 1.807) is 18.2 Å². The highest BCUT2D eigenvalue weighted by molar-refractivity contribution is 5.91. The Labute approximate surface area is 83.9 Å². The smallest absolute Gasteiger partial charge is 0.152 e. The molecule has 0 aromatic heterocycles. The van der Waals surface area contributed by atoms with Crippen LogP contribution < -0.4 is 0 Å². The summed E-state index contributed by atoms with van der Waals surface area (Å²) >= 11 is 0. The molecule has 1 aromatic rings. The lowest BCUT2D eigenvalue weighted by molar-refractivity contribution is -0.112. The van der Waals surface area contributed by atoms with Crippen molar-refractivity contribution in [2.24, 2.45) is 0 Å². The van der Waals surface area contributed by atoms with Crippen LogP contribution in [-0.4, -0.2) is 10.9 Å². The topological polar surface area (TPSA) is 37.3 Å². The number of allylic oxidation sites excluding steroid dienone is 1. The van der Waals surface area contributed by atoms with Crippen molar-refractivity contribution in [2.45, 2.75) is 20.8 Å². The summed E-state index contributed by atoms with van der Waals surface area (Å²) < 4.78 is 0. The van der Waals surface area contributed by atoms with E-state index < -0.39 is 0 Å². The number of phenolic OH excluding ortho intramolecular Hbond substituents is 1. The molecule has 0 aliphatic rings. The molecule has 0 unspecified atom stereocenters. The molecule has 14 heavy (non-hydrogen) atoms. The first-order valence-corrected chi connectivity index (χ1v) is 4.49. The average Bonchev–Trinajstić information content (AvgIpc) is 2.01. The van der Waals surface area contributed by atoms with E-state index in [-0.39, 0.29) is 11.5 Å². The van der Waals surface area contributed by atoms with E-state index in [1.165, 1.54) is 13.0 Å². The van der Waals surface area contributed by atoms with Gasteiger partial charge in [-0.25, -0.2) is 0 Å². The van der Waals surface area contributed by atoms with Crippen molar-refractivity contribution < 1.29 is 9.90 Å². The standard InChI is InChI=1S/C12H14O2/c1-8-6-11(14)7-9(2)12(8)5-4-10(3)13/h4-7,14H,1-3H3/b5-4+. The molecular weight excluding hydrogens is 176 g/mol. The van der Waals surface area contributed by atoms with E-state index in [0.29, 0.717) is 0 Å². The minimum absolute atomic E-state index is 0.0249. The van der Waals surface area contributed by atoms with Gasteiger partial charge in [0.05, 0.1) is 0 Å². The van der Waals surface area contributed by atoms with Crippen LogP contribution in [0, 0.1) is 13.8 Å². The Balaban J connectivity index is 3.15. The summed E-state index contributed by atoms with van der Waals surface area (Å²) in [7, 11) is 0. The maximum Gasteiger partial charge on any atom is 0.152 e. The third-order valence-corrected chi connectivity index (χ3v) is 2.06. The number of hydrogen-bond acceptors (Lipinski definition) is 2. The second-order valence-electron chi connectivity index (χ2n) is 3.44. The fourth-order valence-corrected chi connectivity index (χ4v) is 1.42. The molecule has 0 fully saturated rings. The van der Waals surface area contributed by atoms with Crippen LogP contribution in [0.1, 0.15) is 23.6 Å². The number of hydrogen-bond donors (Lipinski definition) is 1. The molecule has 2 nitrogen and oxygen atoms in total. The van der Waals surface area contributed by atoms with Crippen LogP contribution >= 0.6 is 0 Å². The number of carbonyl (C=O) groups excluding carboxylic acids is 1. The predicted molar refractivity (Wildman–Crippen MR) is 57.3 cm³/mol. The summed E-state index contributed by atoms with van der Waals surface area (Å²) in [6, 6.07) is 3.37. The Bertz CT molecular complexity index is 366. The third kappa shape index (κ3) is 2.46. The number of benzene rings is 1. The van der Waals surface area contributed by atoms with Crippen LogP contribution in [0.2, 0.25) is 0 Å². The van der Waals surface area contributed by atoms with Crippen molar-refractivity contribution in [3.63, 3.8) is 0 Å². The molecule has 1 N–H and O–H groups in total. The Morgan fingerprint density at radius 2 is 1.79 bits per heavy atom. The van der Waals surface area contributed by atoms with Crippen LogP contribution in [0.25, 0.3) is 6.08 Å². The van der Waals surface area contributed by atoms with E-state index in [2.05, 4.69) is 0 Å². The fraction of sp³-hybridized carbons (Fsp3) is 0.250. The van der Waals surface area contributed by atoms with Gasteiger partial charge in [-0.05, 0) is 55.7 Å². The molecular formula is C12H14O2. The molecule has 0 bridgehead atoms. The molecule has 0 saturated carbocycles. The van der Waals surface area contributed by atoms with Gasteiger partial charge < -0.3 is 5.11 Å². The van der Waals surface area contributed by atoms with E-state index in [0.717, 1.165) is 16.7 Å². The molecule has 74 valence electrons. The zero-order chi connectivity index (χ0) is 10.7. The minimum atomic E-state index is 0.0249.